The van der Waals surface area contributed by atoms with Crippen molar-refractivity contribution >= 4 is 11.9 Å². The zero-order chi connectivity index (χ0) is 14.7. The van der Waals surface area contributed by atoms with Gasteiger partial charge in [0.25, 0.3) is 5.91 Å². The molecule has 1 saturated heterocycles. The number of carbonyl (C=O) groups excluding carboxylic acids is 1. The maximum Gasteiger partial charge on any atom is 0.308 e. The van der Waals surface area contributed by atoms with Crippen molar-refractivity contribution in [3.05, 3.63) is 23.9 Å². The molecule has 0 aliphatic carbocycles. The van der Waals surface area contributed by atoms with Crippen LogP contribution in [0.15, 0.2) is 18.3 Å². The Kier molecular flexibility index (Phi) is 4.22. The molecule has 1 fully saturated rings. The molecule has 6 heteroatoms. The third-order valence-electron chi connectivity index (χ3n) is 3.49. The minimum Gasteiger partial charge on any atom is -0.481 e. The van der Waals surface area contributed by atoms with E-state index in [9.17, 15) is 9.59 Å². The molecule has 1 aromatic rings. The minimum absolute atomic E-state index is 0.163. The van der Waals surface area contributed by atoms with Gasteiger partial charge in [-0.1, -0.05) is 6.92 Å². The summed E-state index contributed by atoms with van der Waals surface area (Å²) in [5, 5.41) is 9.15. The SMILES string of the molecule is COc1ncccc1C(=O)N1CC(C)CC(C(=O)O)C1. The predicted octanol–water partition coefficient (Wildman–Crippen LogP) is 1.27. The van der Waals surface area contributed by atoms with E-state index < -0.39 is 11.9 Å². The number of methoxy groups -OCH3 is 1. The van der Waals surface area contributed by atoms with Crippen molar-refractivity contribution in [2.75, 3.05) is 20.2 Å². The number of amides is 1. The first-order valence-electron chi connectivity index (χ1n) is 6.54. The van der Waals surface area contributed by atoms with Gasteiger partial charge < -0.3 is 14.7 Å². The van der Waals surface area contributed by atoms with E-state index in [1.54, 1.807) is 23.2 Å². The second kappa shape index (κ2) is 5.90. The van der Waals surface area contributed by atoms with Crippen molar-refractivity contribution in [2.24, 2.45) is 11.8 Å². The second-order valence-electron chi connectivity index (χ2n) is 5.15. The summed E-state index contributed by atoms with van der Waals surface area (Å²) in [6.07, 6.45) is 2.15. The molecule has 2 unspecified atom stereocenters. The highest BCUT2D eigenvalue weighted by Gasteiger charge is 2.33. The average molecular weight is 278 g/mol. The van der Waals surface area contributed by atoms with E-state index in [0.717, 1.165) is 0 Å². The number of carbonyl (C=O) groups is 2. The van der Waals surface area contributed by atoms with Crippen LogP contribution in [0, 0.1) is 11.8 Å². The summed E-state index contributed by atoms with van der Waals surface area (Å²) in [5.41, 5.74) is 0.369. The third kappa shape index (κ3) is 2.89. The van der Waals surface area contributed by atoms with Crippen molar-refractivity contribution in [3.63, 3.8) is 0 Å². The molecule has 2 rings (SSSR count). The summed E-state index contributed by atoms with van der Waals surface area (Å²) >= 11 is 0. The van der Waals surface area contributed by atoms with Gasteiger partial charge in [-0.05, 0) is 24.5 Å². The van der Waals surface area contributed by atoms with Gasteiger partial charge in [0.1, 0.15) is 5.56 Å². The van der Waals surface area contributed by atoms with Crippen LogP contribution in [0.1, 0.15) is 23.7 Å². The number of aliphatic carboxylic acids is 1. The minimum atomic E-state index is -0.854. The molecule has 1 N–H and O–H groups in total. The van der Waals surface area contributed by atoms with Gasteiger partial charge in [0.2, 0.25) is 5.88 Å². The van der Waals surface area contributed by atoms with Crippen molar-refractivity contribution in [2.45, 2.75) is 13.3 Å². The van der Waals surface area contributed by atoms with Gasteiger partial charge in [-0.15, -0.1) is 0 Å². The van der Waals surface area contributed by atoms with Crippen molar-refractivity contribution in [1.82, 2.24) is 9.88 Å². The third-order valence-corrected chi connectivity index (χ3v) is 3.49. The van der Waals surface area contributed by atoms with Crippen molar-refractivity contribution in [3.8, 4) is 5.88 Å². The summed E-state index contributed by atoms with van der Waals surface area (Å²) in [4.78, 5) is 29.2. The van der Waals surface area contributed by atoms with E-state index in [1.807, 2.05) is 6.92 Å². The Balaban J connectivity index is 2.21. The molecule has 1 aliphatic rings. The van der Waals surface area contributed by atoms with Crippen LogP contribution in [0.4, 0.5) is 0 Å². The standard InChI is InChI=1S/C14H18N2O4/c1-9-6-10(14(18)19)8-16(7-9)13(17)11-4-3-5-15-12(11)20-2/h3-5,9-10H,6-8H2,1-2H3,(H,18,19). The number of carboxylic acids is 1. The lowest BCUT2D eigenvalue weighted by Gasteiger charge is -2.34. The highest BCUT2D eigenvalue weighted by molar-refractivity contribution is 5.96. The summed E-state index contributed by atoms with van der Waals surface area (Å²) in [5.74, 6) is -1.16. The molecule has 6 nitrogen and oxygen atoms in total. The number of ether oxygens (including phenoxy) is 1. The number of likely N-dealkylation sites (tertiary alicyclic amines) is 1. The Hall–Kier alpha value is -2.11. The molecule has 1 aliphatic heterocycles. The number of hydrogen-bond donors (Lipinski definition) is 1. The van der Waals surface area contributed by atoms with Gasteiger partial charge in [-0.2, -0.15) is 0 Å². The average Bonchev–Trinajstić information content (AvgIpc) is 2.45. The lowest BCUT2D eigenvalue weighted by molar-refractivity contribution is -0.143. The predicted molar refractivity (Wildman–Crippen MR) is 71.6 cm³/mol. The fraction of sp³-hybridized carbons (Fsp3) is 0.500. The number of aromatic nitrogens is 1. The second-order valence-corrected chi connectivity index (χ2v) is 5.15. The fourth-order valence-corrected chi connectivity index (χ4v) is 2.58. The van der Waals surface area contributed by atoms with E-state index in [2.05, 4.69) is 4.98 Å². The van der Waals surface area contributed by atoms with Crippen LogP contribution in [0.25, 0.3) is 0 Å². The number of pyridine rings is 1. The Bertz CT molecular complexity index is 518. The highest BCUT2D eigenvalue weighted by Crippen LogP contribution is 2.25. The molecular formula is C14H18N2O4. The maximum atomic E-state index is 12.5. The molecule has 1 amide bonds. The molecule has 0 aromatic carbocycles. The number of hydrogen-bond acceptors (Lipinski definition) is 4. The zero-order valence-electron chi connectivity index (χ0n) is 11.6. The molecule has 108 valence electrons. The number of carboxylic acid groups (broad SMARTS) is 1. The largest absolute Gasteiger partial charge is 0.481 e. The Morgan fingerprint density at radius 2 is 2.20 bits per heavy atom. The molecule has 1 aromatic heterocycles. The van der Waals surface area contributed by atoms with Gasteiger partial charge in [0.15, 0.2) is 0 Å². The molecule has 0 spiro atoms. The van der Waals surface area contributed by atoms with Gasteiger partial charge in [0, 0.05) is 19.3 Å². The van der Waals surface area contributed by atoms with Crippen LogP contribution < -0.4 is 4.74 Å². The summed E-state index contributed by atoms with van der Waals surface area (Å²) in [7, 11) is 1.46. The van der Waals surface area contributed by atoms with E-state index in [4.69, 9.17) is 9.84 Å². The summed E-state index contributed by atoms with van der Waals surface area (Å²) in [6, 6.07) is 3.31. The first-order chi connectivity index (χ1) is 9.52. The van der Waals surface area contributed by atoms with Crippen LogP contribution in [0.2, 0.25) is 0 Å². The van der Waals surface area contributed by atoms with Crippen LogP contribution in [-0.2, 0) is 4.79 Å². The van der Waals surface area contributed by atoms with Gasteiger partial charge in [-0.25, -0.2) is 4.98 Å². The Morgan fingerprint density at radius 3 is 2.85 bits per heavy atom. The lowest BCUT2D eigenvalue weighted by atomic mass is 9.90. The topological polar surface area (TPSA) is 79.7 Å². The molecule has 2 atom stereocenters. The fourth-order valence-electron chi connectivity index (χ4n) is 2.58. The highest BCUT2D eigenvalue weighted by atomic mass is 16.5. The molecule has 20 heavy (non-hydrogen) atoms. The maximum absolute atomic E-state index is 12.5. The van der Waals surface area contributed by atoms with E-state index in [1.165, 1.54) is 7.11 Å². The first kappa shape index (κ1) is 14.3. The number of nitrogens with zero attached hydrogens (tertiary/aromatic N) is 2. The summed E-state index contributed by atoms with van der Waals surface area (Å²) in [6.45, 7) is 2.74. The molecule has 0 bridgehead atoms. The Labute approximate surface area is 117 Å². The monoisotopic (exact) mass is 278 g/mol. The molecule has 0 radical (unpaired) electrons. The first-order valence-corrected chi connectivity index (χ1v) is 6.54. The van der Waals surface area contributed by atoms with Crippen LogP contribution in [-0.4, -0.2) is 47.1 Å². The smallest absolute Gasteiger partial charge is 0.308 e. The zero-order valence-corrected chi connectivity index (χ0v) is 11.6. The number of piperidine rings is 1. The van der Waals surface area contributed by atoms with E-state index in [0.29, 0.717) is 18.5 Å². The Morgan fingerprint density at radius 1 is 1.45 bits per heavy atom. The lowest BCUT2D eigenvalue weighted by Crippen LogP contribution is -2.45. The molecular weight excluding hydrogens is 260 g/mol. The normalized spacial score (nSPS) is 22.4. The van der Waals surface area contributed by atoms with E-state index in [-0.39, 0.29) is 24.2 Å². The van der Waals surface area contributed by atoms with Gasteiger partial charge in [-0.3, -0.25) is 9.59 Å². The van der Waals surface area contributed by atoms with Crippen LogP contribution in [0.3, 0.4) is 0 Å². The van der Waals surface area contributed by atoms with Crippen molar-refractivity contribution in [1.29, 1.82) is 0 Å². The van der Waals surface area contributed by atoms with Crippen molar-refractivity contribution < 1.29 is 19.4 Å². The molecule has 0 saturated carbocycles. The van der Waals surface area contributed by atoms with Crippen LogP contribution >= 0.6 is 0 Å². The molecule has 2 heterocycles. The van der Waals surface area contributed by atoms with Gasteiger partial charge in [0.05, 0.1) is 13.0 Å². The quantitative estimate of drug-likeness (QED) is 0.900. The summed E-state index contributed by atoms with van der Waals surface area (Å²) < 4.78 is 5.08. The van der Waals surface area contributed by atoms with Gasteiger partial charge >= 0.3 is 5.97 Å². The van der Waals surface area contributed by atoms with Crippen LogP contribution in [0.5, 0.6) is 5.88 Å². The number of rotatable bonds is 3. The van der Waals surface area contributed by atoms with E-state index >= 15 is 0 Å².